The molecule has 3 heterocycles. The van der Waals surface area contributed by atoms with Gasteiger partial charge < -0.3 is 0 Å². The summed E-state index contributed by atoms with van der Waals surface area (Å²) in [5.41, 5.74) is 3.64. The van der Waals surface area contributed by atoms with Gasteiger partial charge in [-0.1, -0.05) is 91.0 Å². The maximum atomic E-state index is 15.4. The quantitative estimate of drug-likeness (QED) is 0.487. The summed E-state index contributed by atoms with van der Waals surface area (Å²) >= 11 is 0. The van der Waals surface area contributed by atoms with Crippen molar-refractivity contribution in [2.75, 3.05) is 39.3 Å². The van der Waals surface area contributed by atoms with E-state index in [1.54, 1.807) is 0 Å². The number of rotatable bonds is 6. The van der Waals surface area contributed by atoms with Gasteiger partial charge in [0, 0.05) is 58.9 Å². The summed E-state index contributed by atoms with van der Waals surface area (Å²) < 4.78 is 22.2. The van der Waals surface area contributed by atoms with E-state index < -0.39 is 7.59 Å². The van der Waals surface area contributed by atoms with Crippen molar-refractivity contribution in [3.05, 3.63) is 108 Å². The second kappa shape index (κ2) is 10.3. The van der Waals surface area contributed by atoms with Gasteiger partial charge in [-0.3, -0.25) is 9.46 Å². The van der Waals surface area contributed by atoms with Crippen molar-refractivity contribution in [1.82, 2.24) is 18.9 Å². The molecule has 0 aromatic heterocycles. The molecule has 0 radical (unpaired) electrons. The Balaban J connectivity index is 1.55. The van der Waals surface area contributed by atoms with Crippen LogP contribution in [0.2, 0.25) is 0 Å². The van der Waals surface area contributed by atoms with Crippen LogP contribution in [-0.4, -0.2) is 58.2 Å². The molecule has 0 unspecified atom stereocenters. The predicted octanol–water partition coefficient (Wildman–Crippen LogP) is 4.93. The fourth-order valence-corrected chi connectivity index (χ4v) is 8.10. The van der Waals surface area contributed by atoms with E-state index in [1.807, 2.05) is 18.2 Å². The first kappa shape index (κ1) is 22.5. The Morgan fingerprint density at radius 2 is 0.788 bits per heavy atom. The van der Waals surface area contributed by atoms with Crippen LogP contribution in [0.15, 0.2) is 91.0 Å². The lowest BCUT2D eigenvalue weighted by Crippen LogP contribution is -2.53. The molecule has 0 saturated carbocycles. The van der Waals surface area contributed by atoms with Crippen LogP contribution >= 0.6 is 7.59 Å². The molecule has 3 saturated heterocycles. The van der Waals surface area contributed by atoms with Gasteiger partial charge in [0.1, 0.15) is 0 Å². The molecule has 3 aliphatic rings. The molecule has 0 spiro atoms. The first-order chi connectivity index (χ1) is 16.2. The Hall–Kier alpha value is -2.27. The number of nitrogens with zero attached hydrogens (tertiary/aromatic N) is 4. The second-order valence-electron chi connectivity index (χ2n) is 8.98. The van der Waals surface area contributed by atoms with Gasteiger partial charge >= 0.3 is 0 Å². The highest BCUT2D eigenvalue weighted by atomic mass is 31.2. The number of fused-ring (bicyclic) bond motifs is 6. The Morgan fingerprint density at radius 1 is 0.485 bits per heavy atom. The average Bonchev–Trinajstić information content (AvgIpc) is 2.85. The predicted molar refractivity (Wildman–Crippen MR) is 135 cm³/mol. The molecule has 3 aromatic rings. The van der Waals surface area contributed by atoms with E-state index >= 15 is 4.57 Å². The normalized spacial score (nSPS) is 24.8. The first-order valence-corrected chi connectivity index (χ1v) is 13.5. The maximum absolute atomic E-state index is 15.4. The summed E-state index contributed by atoms with van der Waals surface area (Å²) in [6.07, 6.45) is 0. The summed E-state index contributed by atoms with van der Waals surface area (Å²) in [6.45, 7) is 7.42. The highest BCUT2D eigenvalue weighted by Crippen LogP contribution is 2.59. The minimum Gasteiger partial charge on any atom is -0.299 e. The Labute approximate surface area is 197 Å². The number of benzene rings is 3. The van der Waals surface area contributed by atoms with E-state index in [1.165, 1.54) is 16.7 Å². The van der Waals surface area contributed by atoms with Crippen LogP contribution in [-0.2, 0) is 24.2 Å². The van der Waals surface area contributed by atoms with Crippen molar-refractivity contribution >= 4 is 7.59 Å². The topological polar surface area (TPSA) is 30.0 Å². The molecule has 33 heavy (non-hydrogen) atoms. The highest BCUT2D eigenvalue weighted by molar-refractivity contribution is 7.56. The SMILES string of the molecule is O=P12N(Cc3ccccc3)CCN(CCN1Cc1ccccc1)CCN2Cc1ccccc1. The van der Waals surface area contributed by atoms with Gasteiger partial charge in [0.15, 0.2) is 0 Å². The zero-order valence-corrected chi connectivity index (χ0v) is 20.1. The van der Waals surface area contributed by atoms with E-state index in [0.717, 1.165) is 39.3 Å². The summed E-state index contributed by atoms with van der Waals surface area (Å²) in [4.78, 5) is 2.54. The molecular weight excluding hydrogens is 427 g/mol. The smallest absolute Gasteiger partial charge is 0.287 e. The van der Waals surface area contributed by atoms with E-state index in [-0.39, 0.29) is 0 Å². The minimum atomic E-state index is -3.00. The van der Waals surface area contributed by atoms with Crippen LogP contribution in [0.4, 0.5) is 0 Å². The van der Waals surface area contributed by atoms with Crippen LogP contribution in [0.5, 0.6) is 0 Å². The van der Waals surface area contributed by atoms with Crippen LogP contribution in [0.1, 0.15) is 16.7 Å². The zero-order valence-electron chi connectivity index (χ0n) is 19.2. The molecule has 3 aromatic carbocycles. The molecule has 3 fully saturated rings. The summed E-state index contributed by atoms with van der Waals surface area (Å²) in [6, 6.07) is 31.5. The molecule has 0 atom stereocenters. The van der Waals surface area contributed by atoms with Crippen molar-refractivity contribution in [3.63, 3.8) is 0 Å². The third-order valence-corrected chi connectivity index (χ3v) is 9.99. The van der Waals surface area contributed by atoms with Crippen molar-refractivity contribution in [2.24, 2.45) is 0 Å². The van der Waals surface area contributed by atoms with Gasteiger partial charge in [-0.15, -0.1) is 0 Å². The van der Waals surface area contributed by atoms with E-state index in [4.69, 9.17) is 0 Å². The lowest BCUT2D eigenvalue weighted by Gasteiger charge is -2.50. The lowest BCUT2D eigenvalue weighted by molar-refractivity contribution is 0.139. The Bertz CT molecular complexity index is 927. The van der Waals surface area contributed by atoms with Gasteiger partial charge in [-0.2, -0.15) is 0 Å². The first-order valence-electron chi connectivity index (χ1n) is 11.9. The zero-order chi connectivity index (χ0) is 22.5. The fraction of sp³-hybridized carbons (Fsp3) is 0.333. The number of hydrogen-bond acceptors (Lipinski definition) is 2. The monoisotopic (exact) mass is 460 g/mol. The Morgan fingerprint density at radius 3 is 1.09 bits per heavy atom. The highest BCUT2D eigenvalue weighted by Gasteiger charge is 2.45. The molecular formula is C27H33N4OP. The van der Waals surface area contributed by atoms with Gasteiger partial charge in [0.25, 0.3) is 7.59 Å². The largest absolute Gasteiger partial charge is 0.299 e. The molecule has 0 aliphatic carbocycles. The van der Waals surface area contributed by atoms with Crippen LogP contribution in [0.25, 0.3) is 0 Å². The lowest BCUT2D eigenvalue weighted by atomic mass is 10.2. The van der Waals surface area contributed by atoms with E-state index in [0.29, 0.717) is 19.6 Å². The van der Waals surface area contributed by atoms with Crippen molar-refractivity contribution < 1.29 is 4.57 Å². The van der Waals surface area contributed by atoms with Crippen LogP contribution < -0.4 is 0 Å². The molecule has 172 valence electrons. The molecule has 0 amide bonds. The summed E-state index contributed by atoms with van der Waals surface area (Å²) in [7, 11) is -3.00. The van der Waals surface area contributed by atoms with E-state index in [9.17, 15) is 0 Å². The van der Waals surface area contributed by atoms with Crippen molar-refractivity contribution in [2.45, 2.75) is 19.6 Å². The Kier molecular flexibility index (Phi) is 7.05. The summed E-state index contributed by atoms with van der Waals surface area (Å²) in [5, 5.41) is 0. The summed E-state index contributed by atoms with van der Waals surface area (Å²) in [5.74, 6) is 0. The standard InChI is InChI=1S/C27H33N4OP/c32-33-29(22-25-10-4-1-5-11-25)19-16-28(17-20-30(33)23-26-12-6-2-7-13-26)18-21-31(33)24-27-14-8-3-9-15-27/h1-15H,16-24H2. The molecule has 6 rings (SSSR count). The molecule has 0 N–H and O–H groups in total. The minimum absolute atomic E-state index is 0.697. The van der Waals surface area contributed by atoms with Crippen molar-refractivity contribution in [1.29, 1.82) is 0 Å². The van der Waals surface area contributed by atoms with Crippen molar-refractivity contribution in [3.8, 4) is 0 Å². The van der Waals surface area contributed by atoms with Gasteiger partial charge in [-0.05, 0) is 16.7 Å². The molecule has 2 bridgehead atoms. The molecule has 3 aliphatic heterocycles. The van der Waals surface area contributed by atoms with E-state index in [2.05, 4.69) is 91.7 Å². The molecule has 5 nitrogen and oxygen atoms in total. The molecule has 6 heteroatoms. The van der Waals surface area contributed by atoms with Gasteiger partial charge in [-0.25, -0.2) is 14.0 Å². The number of hydrogen-bond donors (Lipinski definition) is 0. The second-order valence-corrected chi connectivity index (χ2v) is 11.7. The van der Waals surface area contributed by atoms with Crippen LogP contribution in [0.3, 0.4) is 0 Å². The van der Waals surface area contributed by atoms with Gasteiger partial charge in [0.05, 0.1) is 0 Å². The fourth-order valence-electron chi connectivity index (χ4n) is 4.93. The third kappa shape index (κ3) is 5.13. The van der Waals surface area contributed by atoms with Crippen LogP contribution in [0, 0.1) is 0 Å². The maximum Gasteiger partial charge on any atom is 0.287 e. The average molecular weight is 461 g/mol. The van der Waals surface area contributed by atoms with Gasteiger partial charge in [0.2, 0.25) is 0 Å². The third-order valence-electron chi connectivity index (χ3n) is 6.75.